The zero-order valence-corrected chi connectivity index (χ0v) is 11.3. The fourth-order valence-corrected chi connectivity index (χ4v) is 2.15. The number of nitrogens with zero attached hydrogens (tertiary/aromatic N) is 2. The summed E-state index contributed by atoms with van der Waals surface area (Å²) in [7, 11) is 5.62. The Balaban J connectivity index is 2.41. The molecule has 2 N–H and O–H groups in total. The Bertz CT molecular complexity index is 307. The molecule has 1 rings (SSSR count). The van der Waals surface area contributed by atoms with Gasteiger partial charge >= 0.3 is 12.0 Å². The number of urea groups is 1. The van der Waals surface area contributed by atoms with Gasteiger partial charge in [-0.05, 0) is 26.9 Å². The second kappa shape index (κ2) is 6.58. The molecule has 6 nitrogen and oxygen atoms in total. The van der Waals surface area contributed by atoms with Crippen LogP contribution in [0.25, 0.3) is 0 Å². The fourth-order valence-electron chi connectivity index (χ4n) is 2.15. The van der Waals surface area contributed by atoms with Crippen LogP contribution in [-0.4, -0.2) is 67.2 Å². The molecule has 0 aromatic heterocycles. The molecule has 0 radical (unpaired) electrons. The molecule has 0 saturated heterocycles. The van der Waals surface area contributed by atoms with E-state index in [1.807, 2.05) is 19.0 Å². The highest BCUT2D eigenvalue weighted by Gasteiger charge is 2.34. The lowest BCUT2D eigenvalue weighted by atomic mass is 10.0. The van der Waals surface area contributed by atoms with E-state index in [4.69, 9.17) is 5.11 Å². The number of carboxylic acid groups (broad SMARTS) is 1. The molecule has 0 heterocycles. The monoisotopic (exact) mass is 257 g/mol. The Hall–Kier alpha value is -1.30. The van der Waals surface area contributed by atoms with Crippen molar-refractivity contribution in [1.82, 2.24) is 15.1 Å². The van der Waals surface area contributed by atoms with Gasteiger partial charge in [-0.1, -0.05) is 6.42 Å². The Morgan fingerprint density at radius 1 is 1.22 bits per heavy atom. The van der Waals surface area contributed by atoms with Gasteiger partial charge in [0.05, 0.1) is 5.92 Å². The van der Waals surface area contributed by atoms with Gasteiger partial charge in [0.1, 0.15) is 0 Å². The number of carboxylic acids is 1. The minimum Gasteiger partial charge on any atom is -0.481 e. The molecule has 104 valence electrons. The van der Waals surface area contributed by atoms with Gasteiger partial charge in [0, 0.05) is 26.2 Å². The van der Waals surface area contributed by atoms with E-state index in [1.165, 1.54) is 0 Å². The smallest absolute Gasteiger partial charge is 0.317 e. The summed E-state index contributed by atoms with van der Waals surface area (Å²) in [6.07, 6.45) is 2.27. The molecule has 2 amide bonds. The van der Waals surface area contributed by atoms with Crippen molar-refractivity contribution < 1.29 is 14.7 Å². The summed E-state index contributed by atoms with van der Waals surface area (Å²) in [5.41, 5.74) is 0. The summed E-state index contributed by atoms with van der Waals surface area (Å²) >= 11 is 0. The number of aliphatic carboxylic acids is 1. The highest BCUT2D eigenvalue weighted by Crippen LogP contribution is 2.25. The van der Waals surface area contributed by atoms with E-state index in [0.29, 0.717) is 13.0 Å². The van der Waals surface area contributed by atoms with Gasteiger partial charge in [0.25, 0.3) is 0 Å². The van der Waals surface area contributed by atoms with E-state index in [-0.39, 0.29) is 12.1 Å². The molecule has 6 heteroatoms. The molecule has 2 unspecified atom stereocenters. The van der Waals surface area contributed by atoms with Crippen LogP contribution in [0.5, 0.6) is 0 Å². The van der Waals surface area contributed by atoms with Crippen molar-refractivity contribution in [2.45, 2.75) is 25.3 Å². The van der Waals surface area contributed by atoms with E-state index < -0.39 is 11.9 Å². The fraction of sp³-hybridized carbons (Fsp3) is 0.833. The van der Waals surface area contributed by atoms with E-state index in [0.717, 1.165) is 19.4 Å². The summed E-state index contributed by atoms with van der Waals surface area (Å²) in [5, 5.41) is 11.9. The number of likely N-dealkylation sites (N-methyl/N-ethyl adjacent to an activating group) is 2. The van der Waals surface area contributed by atoms with E-state index in [9.17, 15) is 9.59 Å². The van der Waals surface area contributed by atoms with Crippen LogP contribution in [0, 0.1) is 5.92 Å². The van der Waals surface area contributed by atoms with Crippen LogP contribution in [0.4, 0.5) is 4.79 Å². The van der Waals surface area contributed by atoms with Crippen molar-refractivity contribution in [3.8, 4) is 0 Å². The summed E-state index contributed by atoms with van der Waals surface area (Å²) in [4.78, 5) is 26.5. The van der Waals surface area contributed by atoms with Crippen molar-refractivity contribution >= 4 is 12.0 Å². The van der Waals surface area contributed by atoms with Crippen LogP contribution >= 0.6 is 0 Å². The molecule has 1 aliphatic rings. The first kappa shape index (κ1) is 14.8. The standard InChI is InChI=1S/C12H23N3O3/c1-14(2)7-8-15(3)12(18)13-10-6-4-5-9(10)11(16)17/h9-10H,4-8H2,1-3H3,(H,13,18)(H,16,17). The van der Waals surface area contributed by atoms with Gasteiger partial charge in [0.15, 0.2) is 0 Å². The van der Waals surface area contributed by atoms with Crippen molar-refractivity contribution in [2.24, 2.45) is 5.92 Å². The maximum atomic E-state index is 11.9. The van der Waals surface area contributed by atoms with E-state index in [1.54, 1.807) is 11.9 Å². The molecule has 1 aliphatic carbocycles. The molecule has 1 saturated carbocycles. The third kappa shape index (κ3) is 4.18. The summed E-state index contributed by atoms with van der Waals surface area (Å²) in [6.45, 7) is 1.42. The SMILES string of the molecule is CN(C)CCN(C)C(=O)NC1CCCC1C(=O)O. The minimum absolute atomic E-state index is 0.185. The normalized spacial score (nSPS) is 23.1. The summed E-state index contributed by atoms with van der Waals surface area (Å²) < 4.78 is 0. The third-order valence-corrected chi connectivity index (χ3v) is 3.37. The van der Waals surface area contributed by atoms with E-state index >= 15 is 0 Å². The highest BCUT2D eigenvalue weighted by atomic mass is 16.4. The van der Waals surface area contributed by atoms with Crippen LogP contribution < -0.4 is 5.32 Å². The van der Waals surface area contributed by atoms with Gasteiger partial charge in [-0.25, -0.2) is 4.79 Å². The molecule has 18 heavy (non-hydrogen) atoms. The molecule has 0 aliphatic heterocycles. The molecular weight excluding hydrogens is 234 g/mol. The van der Waals surface area contributed by atoms with Gasteiger partial charge in [-0.15, -0.1) is 0 Å². The van der Waals surface area contributed by atoms with Crippen LogP contribution in [0.1, 0.15) is 19.3 Å². The van der Waals surface area contributed by atoms with E-state index in [2.05, 4.69) is 5.32 Å². The molecule has 0 bridgehead atoms. The molecule has 0 aromatic rings. The molecular formula is C12H23N3O3. The number of carbonyl (C=O) groups excluding carboxylic acids is 1. The van der Waals surface area contributed by atoms with Gasteiger partial charge in [-0.2, -0.15) is 0 Å². The molecule has 0 spiro atoms. The van der Waals surface area contributed by atoms with Crippen molar-refractivity contribution in [3.63, 3.8) is 0 Å². The number of hydrogen-bond acceptors (Lipinski definition) is 3. The van der Waals surface area contributed by atoms with Crippen molar-refractivity contribution in [3.05, 3.63) is 0 Å². The average Bonchev–Trinajstić information content (AvgIpc) is 2.73. The Kier molecular flexibility index (Phi) is 5.40. The molecule has 1 fully saturated rings. The second-order valence-electron chi connectivity index (χ2n) is 5.16. The predicted octanol–water partition coefficient (Wildman–Crippen LogP) is 0.443. The van der Waals surface area contributed by atoms with Crippen LogP contribution in [0.3, 0.4) is 0 Å². The zero-order chi connectivity index (χ0) is 13.7. The summed E-state index contributed by atoms with van der Waals surface area (Å²) in [5.74, 6) is -1.25. The first-order chi connectivity index (χ1) is 8.41. The number of nitrogens with one attached hydrogen (secondary N) is 1. The molecule has 0 aromatic carbocycles. The van der Waals surface area contributed by atoms with Gasteiger partial charge in [0.2, 0.25) is 0 Å². The number of hydrogen-bond donors (Lipinski definition) is 2. The predicted molar refractivity (Wildman–Crippen MR) is 68.5 cm³/mol. The second-order valence-corrected chi connectivity index (χ2v) is 5.16. The Labute approximate surface area is 108 Å². The zero-order valence-electron chi connectivity index (χ0n) is 11.3. The van der Waals surface area contributed by atoms with Crippen LogP contribution in [0.15, 0.2) is 0 Å². The average molecular weight is 257 g/mol. The number of rotatable bonds is 5. The van der Waals surface area contributed by atoms with Gasteiger partial charge in [-0.3, -0.25) is 4.79 Å². The lowest BCUT2D eigenvalue weighted by Crippen LogP contribution is -2.47. The first-order valence-corrected chi connectivity index (χ1v) is 6.31. The Morgan fingerprint density at radius 2 is 1.89 bits per heavy atom. The largest absolute Gasteiger partial charge is 0.481 e. The highest BCUT2D eigenvalue weighted by molar-refractivity contribution is 5.77. The van der Waals surface area contributed by atoms with Crippen molar-refractivity contribution in [2.75, 3.05) is 34.2 Å². The van der Waals surface area contributed by atoms with Crippen molar-refractivity contribution in [1.29, 1.82) is 0 Å². The Morgan fingerprint density at radius 3 is 2.44 bits per heavy atom. The lowest BCUT2D eigenvalue weighted by molar-refractivity contribution is -0.142. The summed E-state index contributed by atoms with van der Waals surface area (Å²) in [6, 6.07) is -0.410. The molecule has 2 atom stereocenters. The lowest BCUT2D eigenvalue weighted by Gasteiger charge is -2.24. The van der Waals surface area contributed by atoms with Crippen LogP contribution in [0.2, 0.25) is 0 Å². The number of carbonyl (C=O) groups is 2. The maximum Gasteiger partial charge on any atom is 0.317 e. The topological polar surface area (TPSA) is 72.9 Å². The third-order valence-electron chi connectivity index (χ3n) is 3.37. The maximum absolute atomic E-state index is 11.9. The minimum atomic E-state index is -0.811. The van der Waals surface area contributed by atoms with Gasteiger partial charge < -0.3 is 20.2 Å². The quantitative estimate of drug-likeness (QED) is 0.749. The first-order valence-electron chi connectivity index (χ1n) is 6.31. The van der Waals surface area contributed by atoms with Crippen LogP contribution in [-0.2, 0) is 4.79 Å². The number of amides is 2.